The quantitative estimate of drug-likeness (QED) is 0.368. The number of benzene rings is 3. The highest BCUT2D eigenvalue weighted by atomic mass is 79.9. The lowest BCUT2D eigenvalue weighted by Crippen LogP contribution is -2.14. The normalized spacial score (nSPS) is 10.9. The van der Waals surface area contributed by atoms with Gasteiger partial charge in [0.05, 0.1) is 30.5 Å². The summed E-state index contributed by atoms with van der Waals surface area (Å²) < 4.78 is 11.4. The van der Waals surface area contributed by atoms with E-state index in [0.717, 1.165) is 15.6 Å². The third-order valence-electron chi connectivity index (χ3n) is 5.03. The van der Waals surface area contributed by atoms with Crippen molar-refractivity contribution in [3.63, 3.8) is 0 Å². The van der Waals surface area contributed by atoms with Crippen LogP contribution < -0.4 is 14.8 Å². The largest absolute Gasteiger partial charge is 0.496 e. The Labute approximate surface area is 198 Å². The summed E-state index contributed by atoms with van der Waals surface area (Å²) in [5.41, 5.74) is 4.83. The number of nitrogens with one attached hydrogen (secondary N) is 1. The standard InChI is InChI=1S/C23H20BrClN4O3/c1-12-8-19-20(28-29(27-19)15-5-6-21(31-3)17(25)10-15)11-18(12)26-23(30)16-9-14(24)7-13(2)22(16)32-4/h5-11H,1-4H3,(H,26,30). The lowest BCUT2D eigenvalue weighted by atomic mass is 10.1. The smallest absolute Gasteiger partial charge is 0.259 e. The molecule has 0 saturated heterocycles. The Kier molecular flexibility index (Phi) is 6.08. The molecule has 0 fully saturated rings. The molecule has 0 unspecified atom stereocenters. The van der Waals surface area contributed by atoms with Gasteiger partial charge in [0.1, 0.15) is 22.5 Å². The molecule has 0 saturated carbocycles. The molecule has 3 aromatic carbocycles. The van der Waals surface area contributed by atoms with Crippen molar-refractivity contribution in [3.8, 4) is 17.2 Å². The number of carbonyl (C=O) groups excluding carboxylic acids is 1. The van der Waals surface area contributed by atoms with E-state index in [1.54, 1.807) is 38.5 Å². The van der Waals surface area contributed by atoms with Gasteiger partial charge in [-0.2, -0.15) is 4.80 Å². The number of aromatic nitrogens is 3. The van der Waals surface area contributed by atoms with Crippen LogP contribution in [-0.4, -0.2) is 35.1 Å². The number of rotatable bonds is 5. The summed E-state index contributed by atoms with van der Waals surface area (Å²) in [5.74, 6) is 0.834. The van der Waals surface area contributed by atoms with Crippen LogP contribution in [0.25, 0.3) is 16.7 Å². The summed E-state index contributed by atoms with van der Waals surface area (Å²) in [4.78, 5) is 14.5. The van der Waals surface area contributed by atoms with Crippen molar-refractivity contribution in [1.29, 1.82) is 0 Å². The SMILES string of the molecule is COc1ccc(-n2nc3cc(C)c(NC(=O)c4cc(Br)cc(C)c4OC)cc3n2)cc1Cl. The predicted molar refractivity (Wildman–Crippen MR) is 129 cm³/mol. The number of anilines is 1. The monoisotopic (exact) mass is 514 g/mol. The van der Waals surface area contributed by atoms with Gasteiger partial charge in [0.2, 0.25) is 0 Å². The Hall–Kier alpha value is -3.10. The molecule has 0 aliphatic heterocycles. The van der Waals surface area contributed by atoms with E-state index in [4.69, 9.17) is 21.1 Å². The first-order chi connectivity index (χ1) is 15.3. The van der Waals surface area contributed by atoms with Gasteiger partial charge in [-0.1, -0.05) is 27.5 Å². The molecule has 4 aromatic rings. The lowest BCUT2D eigenvalue weighted by molar-refractivity contribution is 0.102. The summed E-state index contributed by atoms with van der Waals surface area (Å²) in [6, 6.07) is 12.6. The molecule has 32 heavy (non-hydrogen) atoms. The second-order valence-electron chi connectivity index (χ2n) is 7.22. The number of hydrogen-bond acceptors (Lipinski definition) is 5. The van der Waals surface area contributed by atoms with Gasteiger partial charge in [-0.25, -0.2) is 0 Å². The Morgan fingerprint density at radius 1 is 1.00 bits per heavy atom. The lowest BCUT2D eigenvalue weighted by Gasteiger charge is -2.13. The van der Waals surface area contributed by atoms with Crippen molar-refractivity contribution in [2.24, 2.45) is 0 Å². The Bertz CT molecular complexity index is 1350. The molecule has 0 aliphatic rings. The molecule has 0 spiro atoms. The molecule has 0 bridgehead atoms. The van der Waals surface area contributed by atoms with Crippen LogP contribution in [0, 0.1) is 13.8 Å². The van der Waals surface area contributed by atoms with E-state index in [-0.39, 0.29) is 5.91 Å². The number of aryl methyl sites for hydroxylation is 2. The van der Waals surface area contributed by atoms with E-state index in [2.05, 4.69) is 31.4 Å². The van der Waals surface area contributed by atoms with Gasteiger partial charge < -0.3 is 14.8 Å². The zero-order valence-electron chi connectivity index (χ0n) is 17.9. The fraction of sp³-hybridized carbons (Fsp3) is 0.174. The summed E-state index contributed by atoms with van der Waals surface area (Å²) in [6.07, 6.45) is 0. The fourth-order valence-corrected chi connectivity index (χ4v) is 4.28. The molecule has 9 heteroatoms. The van der Waals surface area contributed by atoms with Gasteiger partial charge in [0.15, 0.2) is 0 Å². The third-order valence-corrected chi connectivity index (χ3v) is 5.78. The minimum Gasteiger partial charge on any atom is -0.496 e. The van der Waals surface area contributed by atoms with Crippen LogP contribution in [0.1, 0.15) is 21.5 Å². The highest BCUT2D eigenvalue weighted by molar-refractivity contribution is 9.10. The molecule has 1 heterocycles. The van der Waals surface area contributed by atoms with Gasteiger partial charge in [0, 0.05) is 10.2 Å². The second-order valence-corrected chi connectivity index (χ2v) is 8.54. The van der Waals surface area contributed by atoms with Crippen LogP contribution in [0.2, 0.25) is 5.02 Å². The average Bonchev–Trinajstić information content (AvgIpc) is 3.16. The van der Waals surface area contributed by atoms with E-state index < -0.39 is 0 Å². The number of carbonyl (C=O) groups is 1. The van der Waals surface area contributed by atoms with Crippen molar-refractivity contribution >= 4 is 50.2 Å². The maximum absolute atomic E-state index is 13.0. The molecule has 0 radical (unpaired) electrons. The van der Waals surface area contributed by atoms with Crippen LogP contribution in [0.4, 0.5) is 5.69 Å². The van der Waals surface area contributed by atoms with Crippen molar-refractivity contribution < 1.29 is 14.3 Å². The van der Waals surface area contributed by atoms with Crippen LogP contribution in [-0.2, 0) is 0 Å². The number of nitrogens with zero attached hydrogens (tertiary/aromatic N) is 3. The molecular formula is C23H20BrClN4O3. The predicted octanol–water partition coefficient (Wildman–Crippen LogP) is 5.72. The number of amides is 1. The molecular weight excluding hydrogens is 496 g/mol. The Balaban J connectivity index is 1.68. The fourth-order valence-electron chi connectivity index (χ4n) is 3.46. The minimum atomic E-state index is -0.275. The molecule has 1 amide bonds. The van der Waals surface area contributed by atoms with Crippen molar-refractivity contribution in [2.75, 3.05) is 19.5 Å². The zero-order valence-corrected chi connectivity index (χ0v) is 20.2. The molecule has 1 N–H and O–H groups in total. The maximum atomic E-state index is 13.0. The van der Waals surface area contributed by atoms with Gasteiger partial charge in [0.25, 0.3) is 5.91 Å². The Morgan fingerprint density at radius 2 is 1.72 bits per heavy atom. The van der Waals surface area contributed by atoms with Crippen molar-refractivity contribution in [1.82, 2.24) is 15.0 Å². The van der Waals surface area contributed by atoms with Crippen molar-refractivity contribution in [2.45, 2.75) is 13.8 Å². The number of methoxy groups -OCH3 is 2. The number of fused-ring (bicyclic) bond motifs is 1. The van der Waals surface area contributed by atoms with Gasteiger partial charge in [-0.15, -0.1) is 10.2 Å². The summed E-state index contributed by atoms with van der Waals surface area (Å²) >= 11 is 9.68. The molecule has 7 nitrogen and oxygen atoms in total. The van der Waals surface area contributed by atoms with Gasteiger partial charge >= 0.3 is 0 Å². The molecule has 0 aliphatic carbocycles. The van der Waals surface area contributed by atoms with Gasteiger partial charge in [-0.3, -0.25) is 4.79 Å². The number of hydrogen-bond donors (Lipinski definition) is 1. The van der Waals surface area contributed by atoms with E-state index in [9.17, 15) is 4.79 Å². The molecule has 1 aromatic heterocycles. The molecule has 164 valence electrons. The first-order valence-corrected chi connectivity index (χ1v) is 10.8. The second kappa shape index (κ2) is 8.80. The van der Waals surface area contributed by atoms with E-state index in [1.165, 1.54) is 4.80 Å². The highest BCUT2D eigenvalue weighted by Crippen LogP contribution is 2.30. The van der Waals surface area contributed by atoms with E-state index in [0.29, 0.717) is 44.5 Å². The van der Waals surface area contributed by atoms with E-state index in [1.807, 2.05) is 32.0 Å². The van der Waals surface area contributed by atoms with Crippen LogP contribution in [0.15, 0.2) is 46.9 Å². The Morgan fingerprint density at radius 3 is 2.38 bits per heavy atom. The van der Waals surface area contributed by atoms with Gasteiger partial charge in [-0.05, 0) is 67.4 Å². The molecule has 0 atom stereocenters. The summed E-state index contributed by atoms with van der Waals surface area (Å²) in [6.45, 7) is 3.79. The van der Waals surface area contributed by atoms with Crippen molar-refractivity contribution in [3.05, 3.63) is 68.7 Å². The van der Waals surface area contributed by atoms with Crippen LogP contribution in [0.3, 0.4) is 0 Å². The van der Waals surface area contributed by atoms with Crippen LogP contribution >= 0.6 is 27.5 Å². The van der Waals surface area contributed by atoms with E-state index >= 15 is 0 Å². The molecule has 4 rings (SSSR count). The summed E-state index contributed by atoms with van der Waals surface area (Å²) in [5, 5.41) is 12.5. The average molecular weight is 516 g/mol. The maximum Gasteiger partial charge on any atom is 0.259 e. The number of ether oxygens (including phenoxy) is 2. The minimum absolute atomic E-state index is 0.275. The number of halogens is 2. The third kappa shape index (κ3) is 4.16. The highest BCUT2D eigenvalue weighted by Gasteiger charge is 2.18. The zero-order chi connectivity index (χ0) is 23.0. The first kappa shape index (κ1) is 22.1. The first-order valence-electron chi connectivity index (χ1n) is 9.68. The topological polar surface area (TPSA) is 78.3 Å². The van der Waals surface area contributed by atoms with Crippen LogP contribution in [0.5, 0.6) is 11.5 Å². The summed E-state index contributed by atoms with van der Waals surface area (Å²) in [7, 11) is 3.11.